The molecule has 0 fully saturated rings. The summed E-state index contributed by atoms with van der Waals surface area (Å²) >= 11 is 3.25. The van der Waals surface area contributed by atoms with Gasteiger partial charge in [0.25, 0.3) is 0 Å². The van der Waals surface area contributed by atoms with Gasteiger partial charge in [-0.3, -0.25) is 4.98 Å². The van der Waals surface area contributed by atoms with Gasteiger partial charge in [0, 0.05) is 18.8 Å². The lowest BCUT2D eigenvalue weighted by Gasteiger charge is -2.14. The van der Waals surface area contributed by atoms with Crippen LogP contribution in [-0.4, -0.2) is 32.2 Å². The molecule has 1 N–H and O–H groups in total. The Hall–Kier alpha value is -1.47. The average Bonchev–Trinajstić information content (AvgIpc) is 2.68. The van der Waals surface area contributed by atoms with E-state index in [0.717, 1.165) is 0 Å². The number of ether oxygens (including phenoxy) is 1. The molecule has 0 saturated heterocycles. The van der Waals surface area contributed by atoms with Crippen LogP contribution in [0.4, 0.5) is 0 Å². The normalized spacial score (nSPS) is 12.5. The molecule has 0 spiro atoms. The van der Waals surface area contributed by atoms with E-state index in [0.29, 0.717) is 21.6 Å². The molecule has 0 saturated carbocycles. The highest BCUT2D eigenvalue weighted by Gasteiger charge is 2.22. The van der Waals surface area contributed by atoms with E-state index < -0.39 is 6.10 Å². The van der Waals surface area contributed by atoms with Gasteiger partial charge in [0.1, 0.15) is 17.5 Å². The van der Waals surface area contributed by atoms with Crippen LogP contribution in [0.1, 0.15) is 17.4 Å². The molecule has 0 amide bonds. The summed E-state index contributed by atoms with van der Waals surface area (Å²) in [5.41, 5.74) is 1.18. The quantitative estimate of drug-likeness (QED) is 0.917. The maximum Gasteiger partial charge on any atom is 0.154 e. The Morgan fingerprint density at radius 2 is 2.29 bits per heavy atom. The number of rotatable bonds is 3. The van der Waals surface area contributed by atoms with E-state index in [9.17, 15) is 5.11 Å². The summed E-state index contributed by atoms with van der Waals surface area (Å²) in [6.45, 7) is 0. The van der Waals surface area contributed by atoms with Crippen LogP contribution in [0.15, 0.2) is 23.1 Å². The van der Waals surface area contributed by atoms with Gasteiger partial charge in [0.05, 0.1) is 13.3 Å². The molecule has 0 aliphatic rings. The maximum atomic E-state index is 10.3. The first-order valence-corrected chi connectivity index (χ1v) is 5.65. The summed E-state index contributed by atoms with van der Waals surface area (Å²) in [6, 6.07) is 1.70. The number of nitrogens with zero attached hydrogens (tertiary/aromatic N) is 4. The summed E-state index contributed by atoms with van der Waals surface area (Å²) < 4.78 is 7.17. The van der Waals surface area contributed by atoms with Crippen molar-refractivity contribution in [3.8, 4) is 5.75 Å². The minimum absolute atomic E-state index is 0.506. The van der Waals surface area contributed by atoms with E-state index in [1.54, 1.807) is 25.5 Å². The van der Waals surface area contributed by atoms with Gasteiger partial charge in [-0.05, 0) is 22.0 Å². The van der Waals surface area contributed by atoms with Crippen molar-refractivity contribution >= 4 is 15.9 Å². The second-order valence-electron chi connectivity index (χ2n) is 3.41. The van der Waals surface area contributed by atoms with Crippen LogP contribution in [0.5, 0.6) is 5.75 Å². The lowest BCUT2D eigenvalue weighted by atomic mass is 10.1. The minimum atomic E-state index is -0.873. The molecule has 6 nitrogen and oxygen atoms in total. The summed E-state index contributed by atoms with van der Waals surface area (Å²) in [5.74, 6) is 0.521. The summed E-state index contributed by atoms with van der Waals surface area (Å²) in [4.78, 5) is 3.94. The zero-order valence-electron chi connectivity index (χ0n) is 9.33. The zero-order valence-corrected chi connectivity index (χ0v) is 10.9. The molecule has 7 heteroatoms. The number of halogens is 1. The molecule has 0 radical (unpaired) electrons. The van der Waals surface area contributed by atoms with Gasteiger partial charge in [-0.15, -0.1) is 5.10 Å². The fraction of sp³-hybridized carbons (Fsp3) is 0.300. The number of aliphatic hydroxyl groups excluding tert-OH is 1. The smallest absolute Gasteiger partial charge is 0.154 e. The molecule has 2 rings (SSSR count). The van der Waals surface area contributed by atoms with E-state index in [2.05, 4.69) is 31.2 Å². The molecule has 2 aromatic rings. The number of methoxy groups -OCH3 is 1. The van der Waals surface area contributed by atoms with Crippen molar-refractivity contribution in [1.82, 2.24) is 20.0 Å². The third kappa shape index (κ3) is 2.16. The van der Waals surface area contributed by atoms with E-state index >= 15 is 0 Å². The van der Waals surface area contributed by atoms with Crippen LogP contribution in [0.3, 0.4) is 0 Å². The molecule has 2 aromatic heterocycles. The fourth-order valence-corrected chi connectivity index (χ4v) is 2.11. The molecule has 0 aromatic carbocycles. The number of aromatic nitrogens is 4. The third-order valence-electron chi connectivity index (χ3n) is 2.42. The van der Waals surface area contributed by atoms with Crippen LogP contribution < -0.4 is 4.74 Å². The number of hydrogen-bond donors (Lipinski definition) is 1. The lowest BCUT2D eigenvalue weighted by Crippen LogP contribution is -2.08. The molecule has 0 aliphatic carbocycles. The Labute approximate surface area is 106 Å². The highest BCUT2D eigenvalue weighted by Crippen LogP contribution is 2.31. The van der Waals surface area contributed by atoms with Gasteiger partial charge in [0.15, 0.2) is 4.60 Å². The average molecular weight is 299 g/mol. The van der Waals surface area contributed by atoms with Crippen molar-refractivity contribution in [3.63, 3.8) is 0 Å². The second kappa shape index (κ2) is 4.80. The fourth-order valence-electron chi connectivity index (χ4n) is 1.56. The van der Waals surface area contributed by atoms with Crippen molar-refractivity contribution in [2.75, 3.05) is 7.11 Å². The molecular weight excluding hydrogens is 288 g/mol. The molecule has 0 bridgehead atoms. The van der Waals surface area contributed by atoms with Crippen molar-refractivity contribution in [2.24, 2.45) is 7.05 Å². The van der Waals surface area contributed by atoms with E-state index in [4.69, 9.17) is 4.74 Å². The van der Waals surface area contributed by atoms with Gasteiger partial charge >= 0.3 is 0 Å². The van der Waals surface area contributed by atoms with Crippen LogP contribution in [-0.2, 0) is 7.05 Å². The Morgan fingerprint density at radius 1 is 1.53 bits per heavy atom. The van der Waals surface area contributed by atoms with E-state index in [1.165, 1.54) is 11.8 Å². The Morgan fingerprint density at radius 3 is 2.88 bits per heavy atom. The Kier molecular flexibility index (Phi) is 3.39. The van der Waals surface area contributed by atoms with E-state index in [-0.39, 0.29) is 0 Å². The first kappa shape index (κ1) is 12.0. The van der Waals surface area contributed by atoms with E-state index in [1.807, 2.05) is 0 Å². The van der Waals surface area contributed by atoms with Gasteiger partial charge in [0.2, 0.25) is 0 Å². The molecule has 90 valence electrons. The molecule has 2 heterocycles. The first-order valence-electron chi connectivity index (χ1n) is 4.86. The van der Waals surface area contributed by atoms with Gasteiger partial charge in [-0.25, -0.2) is 4.68 Å². The minimum Gasteiger partial charge on any atom is -0.495 e. The highest BCUT2D eigenvalue weighted by atomic mass is 79.9. The molecule has 1 unspecified atom stereocenters. The monoisotopic (exact) mass is 298 g/mol. The largest absolute Gasteiger partial charge is 0.495 e. The number of aliphatic hydroxyl groups is 1. The van der Waals surface area contributed by atoms with Crippen LogP contribution in [0, 0.1) is 0 Å². The van der Waals surface area contributed by atoms with Crippen molar-refractivity contribution in [1.29, 1.82) is 0 Å². The zero-order chi connectivity index (χ0) is 12.4. The van der Waals surface area contributed by atoms with Gasteiger partial charge in [-0.2, -0.15) is 0 Å². The highest BCUT2D eigenvalue weighted by molar-refractivity contribution is 9.10. The van der Waals surface area contributed by atoms with Crippen molar-refractivity contribution < 1.29 is 9.84 Å². The first-order chi connectivity index (χ1) is 8.15. The Bertz CT molecular complexity index is 509. The van der Waals surface area contributed by atoms with Crippen LogP contribution in [0.2, 0.25) is 0 Å². The number of pyridine rings is 1. The summed E-state index contributed by atoms with van der Waals surface area (Å²) in [6.07, 6.45) is 2.28. The standard InChI is InChI=1S/C10H11BrN4O2/c1-15-8(10(11)13-14-15)9(16)6-3-4-12-5-7(6)17-2/h3-5,9,16H,1-2H3. The molecule has 0 aliphatic heterocycles. The maximum absolute atomic E-state index is 10.3. The Balaban J connectivity index is 2.47. The van der Waals surface area contributed by atoms with Crippen LogP contribution >= 0.6 is 15.9 Å². The van der Waals surface area contributed by atoms with Crippen LogP contribution in [0.25, 0.3) is 0 Å². The third-order valence-corrected chi connectivity index (χ3v) is 2.98. The van der Waals surface area contributed by atoms with Crippen molar-refractivity contribution in [2.45, 2.75) is 6.10 Å². The SMILES string of the molecule is COc1cnccc1C(O)c1c(Br)nnn1C. The van der Waals surface area contributed by atoms with Gasteiger partial charge in [-0.1, -0.05) is 5.21 Å². The predicted molar refractivity (Wildman–Crippen MR) is 63.6 cm³/mol. The number of hydrogen-bond acceptors (Lipinski definition) is 5. The second-order valence-corrected chi connectivity index (χ2v) is 4.16. The van der Waals surface area contributed by atoms with Crippen molar-refractivity contribution in [3.05, 3.63) is 34.3 Å². The number of aryl methyl sites for hydroxylation is 1. The summed E-state index contributed by atoms with van der Waals surface area (Å²) in [7, 11) is 3.24. The topological polar surface area (TPSA) is 73.1 Å². The predicted octanol–water partition coefficient (Wildman–Crippen LogP) is 1.06. The molecular formula is C10H11BrN4O2. The lowest BCUT2D eigenvalue weighted by molar-refractivity contribution is 0.203. The molecule has 1 atom stereocenters. The summed E-state index contributed by atoms with van der Waals surface area (Å²) in [5, 5.41) is 18.0. The van der Waals surface area contributed by atoms with Gasteiger partial charge < -0.3 is 9.84 Å². The molecule has 17 heavy (non-hydrogen) atoms.